The van der Waals surface area contributed by atoms with Gasteiger partial charge >= 0.3 is 7.67 Å². The van der Waals surface area contributed by atoms with Gasteiger partial charge in [-0.25, -0.2) is 9.34 Å². The Bertz CT molecular complexity index is 764. The molecular weight excluding hydrogens is 501 g/mol. The molecule has 0 bridgehead atoms. The minimum atomic E-state index is -3.41. The summed E-state index contributed by atoms with van der Waals surface area (Å²) in [4.78, 5) is 16.3. The van der Waals surface area contributed by atoms with Crippen LogP contribution < -0.4 is 0 Å². The maximum Gasteiger partial charge on any atom is 0.346 e. The number of hydrogen-bond acceptors (Lipinski definition) is 8. The van der Waals surface area contributed by atoms with Crippen molar-refractivity contribution >= 4 is 41.9 Å². The fourth-order valence-corrected chi connectivity index (χ4v) is 7.79. The zero-order valence-corrected chi connectivity index (χ0v) is 24.7. The second kappa shape index (κ2) is 13.8. The van der Waals surface area contributed by atoms with Gasteiger partial charge in [-0.1, -0.05) is 0 Å². The summed E-state index contributed by atoms with van der Waals surface area (Å²) in [5.74, 6) is 0.175. The largest absolute Gasteiger partial charge is 0.379 e. The van der Waals surface area contributed by atoms with Crippen LogP contribution in [0, 0.1) is 0 Å². The Morgan fingerprint density at radius 2 is 1.56 bits per heavy atom. The van der Waals surface area contributed by atoms with Gasteiger partial charge in [-0.05, 0) is 27.7 Å². The molecule has 3 fully saturated rings. The van der Waals surface area contributed by atoms with Crippen LogP contribution in [0.2, 0.25) is 0 Å². The highest BCUT2D eigenvalue weighted by molar-refractivity contribution is 7.81. The standard InChI is InChI=1S/C22H45B2N4O6PS/c1-16(2)26-9-18(33-20(23)11-26)14-32-35(30,27-7-5-25(6-8-27)22(29)15-36)28-10-19(13-31-17(3)4)34-21(24)12-28/h16-21,36H,5-15,23-24H2,1-4H3. The second-order valence-electron chi connectivity index (χ2n) is 10.7. The SMILES string of the molecule is BC1CN(C(C)C)CC(COP(=O)(N2CCN(C(=O)CS)CC2)N2CC(B)OC(COC(C)C)C2)O1. The van der Waals surface area contributed by atoms with E-state index in [1.807, 2.05) is 31.0 Å². The van der Waals surface area contributed by atoms with E-state index in [1.165, 1.54) is 0 Å². The predicted octanol–water partition coefficient (Wildman–Crippen LogP) is -0.661. The van der Waals surface area contributed by atoms with Gasteiger partial charge in [-0.3, -0.25) is 14.3 Å². The zero-order valence-electron chi connectivity index (χ0n) is 22.9. The first kappa shape index (κ1) is 30.4. The van der Waals surface area contributed by atoms with Crippen molar-refractivity contribution in [3.8, 4) is 0 Å². The van der Waals surface area contributed by atoms with Gasteiger partial charge in [-0.15, -0.1) is 0 Å². The summed E-state index contributed by atoms with van der Waals surface area (Å²) in [7, 11) is 0.654. The van der Waals surface area contributed by atoms with Crippen molar-refractivity contribution in [3.05, 3.63) is 0 Å². The number of rotatable bonds is 10. The average molecular weight is 546 g/mol. The van der Waals surface area contributed by atoms with E-state index in [9.17, 15) is 9.36 Å². The first-order chi connectivity index (χ1) is 17.0. The van der Waals surface area contributed by atoms with Gasteiger partial charge in [0, 0.05) is 70.4 Å². The molecule has 0 spiro atoms. The van der Waals surface area contributed by atoms with Crippen LogP contribution >= 0.6 is 20.3 Å². The fourth-order valence-electron chi connectivity index (χ4n) is 5.03. The van der Waals surface area contributed by atoms with Crippen molar-refractivity contribution in [2.75, 3.05) is 71.3 Å². The summed E-state index contributed by atoms with van der Waals surface area (Å²) < 4.78 is 43.2. The van der Waals surface area contributed by atoms with Crippen LogP contribution in [0.1, 0.15) is 27.7 Å². The fraction of sp³-hybridized carbons (Fsp3) is 0.955. The summed E-state index contributed by atoms with van der Waals surface area (Å²) >= 11 is 4.13. The Labute approximate surface area is 224 Å². The molecule has 36 heavy (non-hydrogen) atoms. The van der Waals surface area contributed by atoms with Crippen LogP contribution in [0.25, 0.3) is 0 Å². The highest BCUT2D eigenvalue weighted by Crippen LogP contribution is 2.55. The molecule has 1 amide bonds. The molecule has 0 N–H and O–H groups in total. The van der Waals surface area contributed by atoms with Crippen LogP contribution in [-0.2, 0) is 28.1 Å². The minimum Gasteiger partial charge on any atom is -0.379 e. The van der Waals surface area contributed by atoms with Gasteiger partial charge in [0.2, 0.25) is 5.91 Å². The molecule has 5 atom stereocenters. The average Bonchev–Trinajstić information content (AvgIpc) is 2.85. The Balaban J connectivity index is 1.75. The van der Waals surface area contributed by atoms with Gasteiger partial charge in [0.15, 0.2) is 0 Å². The normalized spacial score (nSPS) is 31.1. The first-order valence-corrected chi connectivity index (χ1v) is 15.5. The van der Waals surface area contributed by atoms with E-state index >= 15 is 0 Å². The molecule has 5 unspecified atom stereocenters. The summed E-state index contributed by atoms with van der Waals surface area (Å²) in [6, 6.07) is 0.390. The zero-order chi connectivity index (χ0) is 26.5. The molecule has 0 aromatic heterocycles. The third-order valence-electron chi connectivity index (χ3n) is 6.89. The Morgan fingerprint density at radius 3 is 2.14 bits per heavy atom. The van der Waals surface area contributed by atoms with Crippen LogP contribution in [0.4, 0.5) is 0 Å². The van der Waals surface area contributed by atoms with Crippen LogP contribution in [0.3, 0.4) is 0 Å². The number of hydrogen-bond donors (Lipinski definition) is 1. The molecule has 0 aliphatic carbocycles. The smallest absolute Gasteiger partial charge is 0.346 e. The number of nitrogens with zero attached hydrogens (tertiary/aromatic N) is 4. The molecule has 10 nitrogen and oxygen atoms in total. The van der Waals surface area contributed by atoms with E-state index in [2.05, 4.69) is 39.2 Å². The Morgan fingerprint density at radius 1 is 0.944 bits per heavy atom. The Kier molecular flexibility index (Phi) is 11.7. The van der Waals surface area contributed by atoms with Gasteiger partial charge in [0.05, 0.1) is 37.3 Å². The number of thiol groups is 1. The minimum absolute atomic E-state index is 0.00185. The lowest BCUT2D eigenvalue weighted by Gasteiger charge is -2.46. The van der Waals surface area contributed by atoms with Gasteiger partial charge in [0.1, 0.15) is 15.7 Å². The maximum absolute atomic E-state index is 14.8. The van der Waals surface area contributed by atoms with Crippen LogP contribution in [0.15, 0.2) is 0 Å². The van der Waals surface area contributed by atoms with Crippen molar-refractivity contribution < 1.29 is 28.1 Å². The third kappa shape index (κ3) is 8.20. The first-order valence-electron chi connectivity index (χ1n) is 13.3. The van der Waals surface area contributed by atoms with E-state index in [1.54, 1.807) is 4.90 Å². The predicted molar refractivity (Wildman–Crippen MR) is 149 cm³/mol. The monoisotopic (exact) mass is 546 g/mol. The molecule has 0 aromatic carbocycles. The van der Waals surface area contributed by atoms with E-state index in [0.717, 1.165) is 13.1 Å². The molecule has 3 saturated heterocycles. The second-order valence-corrected chi connectivity index (χ2v) is 13.4. The lowest BCUT2D eigenvalue weighted by molar-refractivity contribution is -0.129. The molecule has 3 rings (SSSR count). The molecule has 3 aliphatic heterocycles. The molecule has 3 aliphatic rings. The highest BCUT2D eigenvalue weighted by atomic mass is 32.1. The molecule has 0 aromatic rings. The van der Waals surface area contributed by atoms with Crippen molar-refractivity contribution in [1.29, 1.82) is 0 Å². The third-order valence-corrected chi connectivity index (χ3v) is 9.81. The van der Waals surface area contributed by atoms with Gasteiger partial charge in [-0.2, -0.15) is 12.6 Å². The highest BCUT2D eigenvalue weighted by Gasteiger charge is 2.45. The summed E-state index contributed by atoms with van der Waals surface area (Å²) in [5, 5.41) is 0. The molecule has 14 heteroatoms. The number of ether oxygens (including phenoxy) is 3. The van der Waals surface area contributed by atoms with Gasteiger partial charge < -0.3 is 23.6 Å². The van der Waals surface area contributed by atoms with E-state index in [-0.39, 0.29) is 48.6 Å². The molecular formula is C22H45B2N4O6PS. The molecule has 3 heterocycles. The Hall–Kier alpha value is -0.100. The molecule has 0 radical (unpaired) electrons. The van der Waals surface area contributed by atoms with E-state index in [0.29, 0.717) is 51.9 Å². The van der Waals surface area contributed by atoms with Crippen LogP contribution in [0.5, 0.6) is 0 Å². The number of piperazine rings is 1. The molecule has 0 saturated carbocycles. The molecule has 206 valence electrons. The summed E-state index contributed by atoms with van der Waals surface area (Å²) in [6.07, 6.45) is -0.258. The number of amides is 1. The van der Waals surface area contributed by atoms with Gasteiger partial charge in [0.25, 0.3) is 0 Å². The van der Waals surface area contributed by atoms with Crippen molar-refractivity contribution in [2.45, 2.75) is 64.1 Å². The van der Waals surface area contributed by atoms with E-state index < -0.39 is 7.67 Å². The van der Waals surface area contributed by atoms with Crippen LogP contribution in [-0.4, -0.2) is 148 Å². The van der Waals surface area contributed by atoms with E-state index in [4.69, 9.17) is 18.7 Å². The maximum atomic E-state index is 14.8. The number of carbonyl (C=O) groups excluding carboxylic acids is 1. The lowest BCUT2D eigenvalue weighted by atomic mass is 9.96. The number of carbonyl (C=O) groups is 1. The lowest BCUT2D eigenvalue weighted by Crippen LogP contribution is -2.54. The quantitative estimate of drug-likeness (QED) is 0.218. The van der Waals surface area contributed by atoms with Crippen molar-refractivity contribution in [3.63, 3.8) is 0 Å². The number of morpholine rings is 2. The summed E-state index contributed by atoms with van der Waals surface area (Å²) in [6.45, 7) is 13.6. The van der Waals surface area contributed by atoms with Crippen molar-refractivity contribution in [2.24, 2.45) is 0 Å². The summed E-state index contributed by atoms with van der Waals surface area (Å²) in [5.41, 5.74) is 0. The topological polar surface area (TPSA) is 84.0 Å². The van der Waals surface area contributed by atoms with Crippen molar-refractivity contribution in [1.82, 2.24) is 19.1 Å².